The van der Waals surface area contributed by atoms with Gasteiger partial charge in [-0.15, -0.1) is 0 Å². The third-order valence-corrected chi connectivity index (χ3v) is 5.89. The maximum absolute atomic E-state index is 15.6. The molecular formula is C23H24F3N3O3. The van der Waals surface area contributed by atoms with Crippen molar-refractivity contribution in [3.63, 3.8) is 0 Å². The summed E-state index contributed by atoms with van der Waals surface area (Å²) in [7, 11) is 1.46. The molecule has 4 rings (SSSR count). The molecule has 6 nitrogen and oxygen atoms in total. The van der Waals surface area contributed by atoms with Crippen molar-refractivity contribution in [3.05, 3.63) is 54.0 Å². The second-order valence-corrected chi connectivity index (χ2v) is 8.03. The summed E-state index contributed by atoms with van der Waals surface area (Å²) in [6.45, 7) is 2.53. The molecule has 1 aromatic heterocycles. The van der Waals surface area contributed by atoms with Gasteiger partial charge in [0.1, 0.15) is 17.3 Å². The maximum Gasteiger partial charge on any atom is 0.287 e. The molecule has 2 aromatic carbocycles. The fourth-order valence-electron chi connectivity index (χ4n) is 3.95. The number of hydrogen-bond donors (Lipinski definition) is 2. The van der Waals surface area contributed by atoms with E-state index in [1.54, 1.807) is 19.1 Å². The second kappa shape index (κ2) is 8.12. The van der Waals surface area contributed by atoms with Gasteiger partial charge in [0.25, 0.3) is 5.92 Å². The summed E-state index contributed by atoms with van der Waals surface area (Å²) in [6, 6.07) is 9.37. The first-order chi connectivity index (χ1) is 15.1. The number of aliphatic hydroxyl groups is 1. The normalized spacial score (nSPS) is 18.9. The molecule has 0 spiro atoms. The van der Waals surface area contributed by atoms with Crippen molar-refractivity contribution in [1.82, 2.24) is 9.97 Å². The highest BCUT2D eigenvalue weighted by atomic mass is 19.3. The Morgan fingerprint density at radius 1 is 1.28 bits per heavy atom. The van der Waals surface area contributed by atoms with Crippen LogP contribution >= 0.6 is 0 Å². The van der Waals surface area contributed by atoms with Gasteiger partial charge in [0.15, 0.2) is 5.60 Å². The van der Waals surface area contributed by atoms with Crippen LogP contribution < -0.4 is 14.8 Å². The lowest BCUT2D eigenvalue weighted by atomic mass is 9.79. The van der Waals surface area contributed by atoms with Crippen molar-refractivity contribution < 1.29 is 27.8 Å². The van der Waals surface area contributed by atoms with Gasteiger partial charge < -0.3 is 19.9 Å². The SMILES string of the molecule is COc1ccc2c(c1)OCCC2C(F)(F)C(C)(O)C(F)Nc1cccc2nc(C)ncc12. The summed E-state index contributed by atoms with van der Waals surface area (Å²) in [5.74, 6) is -4.03. The average molecular weight is 447 g/mol. The lowest BCUT2D eigenvalue weighted by Crippen LogP contribution is -2.58. The van der Waals surface area contributed by atoms with E-state index in [-0.39, 0.29) is 30.0 Å². The molecule has 0 fully saturated rings. The van der Waals surface area contributed by atoms with Gasteiger partial charge >= 0.3 is 0 Å². The van der Waals surface area contributed by atoms with E-state index in [1.165, 1.54) is 37.6 Å². The Hall–Kier alpha value is -3.07. The van der Waals surface area contributed by atoms with Crippen LogP contribution in [0.5, 0.6) is 11.5 Å². The van der Waals surface area contributed by atoms with Crippen LogP contribution in [0.2, 0.25) is 0 Å². The van der Waals surface area contributed by atoms with Gasteiger partial charge in [-0.05, 0) is 38.5 Å². The topological polar surface area (TPSA) is 76.5 Å². The third kappa shape index (κ3) is 3.70. The molecule has 2 heterocycles. The van der Waals surface area contributed by atoms with Gasteiger partial charge in [0.05, 0.1) is 25.2 Å². The fourth-order valence-corrected chi connectivity index (χ4v) is 3.95. The van der Waals surface area contributed by atoms with Crippen LogP contribution in [0, 0.1) is 6.92 Å². The number of methoxy groups -OCH3 is 1. The Morgan fingerprint density at radius 3 is 2.81 bits per heavy atom. The minimum absolute atomic E-state index is 0.0148. The van der Waals surface area contributed by atoms with Gasteiger partial charge in [0.2, 0.25) is 6.30 Å². The number of aromatic nitrogens is 2. The number of aryl methyl sites for hydroxylation is 1. The molecule has 3 aromatic rings. The number of hydrogen-bond acceptors (Lipinski definition) is 6. The summed E-state index contributed by atoms with van der Waals surface area (Å²) in [5, 5.41) is 13.6. The number of nitrogens with zero attached hydrogens (tertiary/aromatic N) is 2. The van der Waals surface area contributed by atoms with Crippen LogP contribution in [0.1, 0.15) is 30.7 Å². The van der Waals surface area contributed by atoms with E-state index in [4.69, 9.17) is 9.47 Å². The summed E-state index contributed by atoms with van der Waals surface area (Å²) < 4.78 is 57.2. The summed E-state index contributed by atoms with van der Waals surface area (Å²) in [4.78, 5) is 8.35. The van der Waals surface area contributed by atoms with Gasteiger partial charge in [-0.1, -0.05) is 12.1 Å². The van der Waals surface area contributed by atoms with Crippen molar-refractivity contribution >= 4 is 16.6 Å². The van der Waals surface area contributed by atoms with E-state index in [2.05, 4.69) is 15.3 Å². The van der Waals surface area contributed by atoms with Crippen LogP contribution in [-0.4, -0.2) is 46.6 Å². The Morgan fingerprint density at radius 2 is 2.06 bits per heavy atom. The fraction of sp³-hybridized carbons (Fsp3) is 0.391. The van der Waals surface area contributed by atoms with Crippen LogP contribution in [0.3, 0.4) is 0 Å². The Labute approximate surface area is 183 Å². The first kappa shape index (κ1) is 22.1. The van der Waals surface area contributed by atoms with Gasteiger partial charge in [-0.2, -0.15) is 0 Å². The minimum Gasteiger partial charge on any atom is -0.497 e. The van der Waals surface area contributed by atoms with E-state index >= 15 is 13.2 Å². The lowest BCUT2D eigenvalue weighted by Gasteiger charge is -2.42. The summed E-state index contributed by atoms with van der Waals surface area (Å²) in [6.07, 6.45) is -1.06. The first-order valence-corrected chi connectivity index (χ1v) is 10.2. The predicted octanol–water partition coefficient (Wildman–Crippen LogP) is 4.61. The zero-order valence-electron chi connectivity index (χ0n) is 17.9. The molecule has 1 aliphatic rings. The molecule has 3 unspecified atom stereocenters. The number of benzene rings is 2. The number of fused-ring (bicyclic) bond motifs is 2. The van der Waals surface area contributed by atoms with Crippen LogP contribution in [0.15, 0.2) is 42.6 Å². The van der Waals surface area contributed by atoms with Crippen molar-refractivity contribution in [2.75, 3.05) is 19.0 Å². The molecule has 9 heteroatoms. The van der Waals surface area contributed by atoms with Crippen LogP contribution in [-0.2, 0) is 0 Å². The van der Waals surface area contributed by atoms with E-state index in [0.29, 0.717) is 22.5 Å². The number of halogens is 3. The molecular weight excluding hydrogens is 423 g/mol. The zero-order chi connectivity index (χ0) is 23.1. The van der Waals surface area contributed by atoms with Crippen LogP contribution in [0.4, 0.5) is 18.9 Å². The molecule has 0 aliphatic carbocycles. The van der Waals surface area contributed by atoms with Gasteiger partial charge in [-0.25, -0.2) is 23.1 Å². The highest BCUT2D eigenvalue weighted by molar-refractivity contribution is 5.90. The summed E-state index contributed by atoms with van der Waals surface area (Å²) >= 11 is 0. The standard InChI is InChI=1S/C23H24F3N3O3/c1-13-27-12-16-18(28-13)5-4-6-19(16)29-21(24)22(2,30)23(25,26)17-9-10-32-20-11-14(31-3)7-8-15(17)20/h4-8,11-12,17,21,29-30H,9-10H2,1-3H3. The monoisotopic (exact) mass is 447 g/mol. The molecule has 32 heavy (non-hydrogen) atoms. The molecule has 1 aliphatic heterocycles. The van der Waals surface area contributed by atoms with Crippen molar-refractivity contribution in [2.24, 2.45) is 0 Å². The average Bonchev–Trinajstić information content (AvgIpc) is 2.77. The molecule has 0 bridgehead atoms. The van der Waals surface area contributed by atoms with E-state index in [1.807, 2.05) is 0 Å². The predicted molar refractivity (Wildman–Crippen MR) is 114 cm³/mol. The smallest absolute Gasteiger partial charge is 0.287 e. The van der Waals surface area contributed by atoms with Crippen molar-refractivity contribution in [1.29, 1.82) is 0 Å². The molecule has 170 valence electrons. The second-order valence-electron chi connectivity index (χ2n) is 8.03. The molecule has 0 saturated heterocycles. The Balaban J connectivity index is 1.64. The number of anilines is 1. The molecule has 0 radical (unpaired) electrons. The maximum atomic E-state index is 15.6. The number of ether oxygens (including phenoxy) is 2. The number of nitrogens with one attached hydrogen (secondary N) is 1. The largest absolute Gasteiger partial charge is 0.497 e. The number of rotatable bonds is 6. The minimum atomic E-state index is -3.82. The van der Waals surface area contributed by atoms with E-state index in [9.17, 15) is 5.11 Å². The van der Waals surface area contributed by atoms with Crippen molar-refractivity contribution in [2.45, 2.75) is 44.0 Å². The summed E-state index contributed by atoms with van der Waals surface area (Å²) in [5.41, 5.74) is -2.08. The molecule has 0 saturated carbocycles. The quantitative estimate of drug-likeness (QED) is 0.538. The Bertz CT molecular complexity index is 1140. The van der Waals surface area contributed by atoms with Crippen LogP contribution in [0.25, 0.3) is 10.9 Å². The van der Waals surface area contributed by atoms with E-state index < -0.39 is 23.7 Å². The first-order valence-electron chi connectivity index (χ1n) is 10.2. The third-order valence-electron chi connectivity index (χ3n) is 5.89. The highest BCUT2D eigenvalue weighted by Gasteiger charge is 2.60. The number of alkyl halides is 3. The van der Waals surface area contributed by atoms with Gasteiger partial charge in [-0.3, -0.25) is 0 Å². The van der Waals surface area contributed by atoms with Gasteiger partial charge in [0, 0.05) is 28.9 Å². The van der Waals surface area contributed by atoms with E-state index in [0.717, 1.165) is 6.92 Å². The molecule has 3 atom stereocenters. The zero-order valence-corrected chi connectivity index (χ0v) is 17.9. The molecule has 0 amide bonds. The molecule has 2 N–H and O–H groups in total. The van der Waals surface area contributed by atoms with Crippen molar-refractivity contribution in [3.8, 4) is 11.5 Å². The lowest BCUT2D eigenvalue weighted by molar-refractivity contribution is -0.212. The highest BCUT2D eigenvalue weighted by Crippen LogP contribution is 2.50. The Kier molecular flexibility index (Phi) is 5.62.